The summed E-state index contributed by atoms with van der Waals surface area (Å²) in [4.78, 5) is 29.8. The van der Waals surface area contributed by atoms with Gasteiger partial charge < -0.3 is 24.3 Å². The van der Waals surface area contributed by atoms with Crippen LogP contribution in [0.3, 0.4) is 0 Å². The average Bonchev–Trinajstić information content (AvgIpc) is 3.28. The molecular weight excluding hydrogens is 497 g/mol. The number of furan rings is 1. The molecule has 3 rings (SSSR count). The number of carbonyl (C=O) groups is 2. The number of carbonyl (C=O) groups excluding carboxylic acids is 2. The Labute approximate surface area is 222 Å². The predicted octanol–water partition coefficient (Wildman–Crippen LogP) is 6.18. The Bertz CT molecular complexity index is 1180. The summed E-state index contributed by atoms with van der Waals surface area (Å²) in [5.74, 6) is 0.732. The number of amides is 3. The van der Waals surface area contributed by atoms with Gasteiger partial charge in [0.1, 0.15) is 23.9 Å². The molecule has 1 aromatic heterocycles. The van der Waals surface area contributed by atoms with Crippen LogP contribution in [0, 0.1) is 19.7 Å². The van der Waals surface area contributed by atoms with Crippen LogP contribution >= 0.6 is 11.6 Å². The first-order valence-electron chi connectivity index (χ1n) is 12.2. The van der Waals surface area contributed by atoms with E-state index in [1.54, 1.807) is 29.2 Å². The van der Waals surface area contributed by atoms with E-state index in [-0.39, 0.29) is 31.4 Å². The molecular formula is C28H33ClFN3O4. The van der Waals surface area contributed by atoms with Crippen molar-refractivity contribution in [1.29, 1.82) is 0 Å². The number of anilines is 1. The van der Waals surface area contributed by atoms with Crippen LogP contribution in [0.25, 0.3) is 0 Å². The molecule has 0 aliphatic carbocycles. The molecule has 0 saturated carbocycles. The molecule has 0 radical (unpaired) electrons. The van der Waals surface area contributed by atoms with Crippen LogP contribution in [-0.2, 0) is 22.6 Å². The smallest absolute Gasteiger partial charge is 0.322 e. The number of ether oxygens (including phenoxy) is 1. The van der Waals surface area contributed by atoms with Crippen LogP contribution in [-0.4, -0.2) is 48.0 Å². The molecule has 2 aromatic carbocycles. The number of nitrogens with one attached hydrogen (secondary N) is 1. The van der Waals surface area contributed by atoms with Crippen LogP contribution in [0.1, 0.15) is 36.0 Å². The zero-order valence-electron chi connectivity index (χ0n) is 21.4. The molecule has 0 spiro atoms. The highest BCUT2D eigenvalue weighted by molar-refractivity contribution is 6.31. The van der Waals surface area contributed by atoms with E-state index in [4.69, 9.17) is 20.8 Å². The maximum atomic E-state index is 13.5. The van der Waals surface area contributed by atoms with E-state index in [9.17, 15) is 14.0 Å². The van der Waals surface area contributed by atoms with E-state index in [0.29, 0.717) is 42.6 Å². The molecule has 7 nitrogen and oxygen atoms in total. The highest BCUT2D eigenvalue weighted by Crippen LogP contribution is 2.20. The average molecular weight is 530 g/mol. The maximum absolute atomic E-state index is 13.5. The Morgan fingerprint density at radius 1 is 1.03 bits per heavy atom. The number of nitrogens with zero attached hydrogens (tertiary/aromatic N) is 2. The lowest BCUT2D eigenvalue weighted by molar-refractivity contribution is -0.133. The largest absolute Gasteiger partial charge is 0.464 e. The lowest BCUT2D eigenvalue weighted by Gasteiger charge is -2.27. The summed E-state index contributed by atoms with van der Waals surface area (Å²) in [7, 11) is 0. The molecule has 0 aliphatic heterocycles. The van der Waals surface area contributed by atoms with Gasteiger partial charge in [-0.2, -0.15) is 0 Å². The molecule has 0 aliphatic rings. The van der Waals surface area contributed by atoms with Crippen molar-refractivity contribution in [3.05, 3.63) is 88.1 Å². The quantitative estimate of drug-likeness (QED) is 0.284. The van der Waals surface area contributed by atoms with Gasteiger partial charge in [-0.15, -0.1) is 0 Å². The van der Waals surface area contributed by atoms with Gasteiger partial charge in [0, 0.05) is 37.0 Å². The monoisotopic (exact) mass is 529 g/mol. The second-order valence-corrected chi connectivity index (χ2v) is 9.16. The summed E-state index contributed by atoms with van der Waals surface area (Å²) in [5, 5.41) is 3.37. The van der Waals surface area contributed by atoms with E-state index in [0.717, 1.165) is 16.9 Å². The molecule has 0 atom stereocenters. The molecule has 3 aromatic rings. The van der Waals surface area contributed by atoms with Crippen LogP contribution in [0.2, 0.25) is 5.02 Å². The highest BCUT2D eigenvalue weighted by atomic mass is 35.5. The van der Waals surface area contributed by atoms with Crippen molar-refractivity contribution >= 4 is 29.2 Å². The molecule has 37 heavy (non-hydrogen) atoms. The summed E-state index contributed by atoms with van der Waals surface area (Å²) < 4.78 is 24.5. The van der Waals surface area contributed by atoms with Crippen molar-refractivity contribution in [2.24, 2.45) is 0 Å². The van der Waals surface area contributed by atoms with Crippen LogP contribution in [0.15, 0.2) is 59.0 Å². The van der Waals surface area contributed by atoms with Gasteiger partial charge in [0.2, 0.25) is 5.91 Å². The number of benzene rings is 2. The first kappa shape index (κ1) is 28.2. The molecule has 1 N–H and O–H groups in total. The minimum atomic E-state index is -0.416. The molecule has 9 heteroatoms. The lowest BCUT2D eigenvalue weighted by Crippen LogP contribution is -2.44. The molecule has 1 heterocycles. The van der Waals surface area contributed by atoms with Crippen molar-refractivity contribution in [2.75, 3.05) is 31.6 Å². The van der Waals surface area contributed by atoms with Gasteiger partial charge in [-0.1, -0.05) is 29.8 Å². The minimum Gasteiger partial charge on any atom is -0.464 e. The molecule has 198 valence electrons. The van der Waals surface area contributed by atoms with Crippen LogP contribution < -0.4 is 5.32 Å². The van der Waals surface area contributed by atoms with Crippen molar-refractivity contribution in [1.82, 2.24) is 9.80 Å². The van der Waals surface area contributed by atoms with E-state index in [2.05, 4.69) is 5.32 Å². The fourth-order valence-corrected chi connectivity index (χ4v) is 3.87. The Balaban J connectivity index is 1.77. The molecule has 0 bridgehead atoms. The second kappa shape index (κ2) is 13.8. The maximum Gasteiger partial charge on any atom is 0.322 e. The van der Waals surface area contributed by atoms with Crippen LogP contribution in [0.4, 0.5) is 14.9 Å². The SMILES string of the molecule is CCOCCCN(CC(=O)N(Cc1ccc(F)cc1)Cc1ccc(C)o1)C(=O)Nc1ccc(C)c(Cl)c1. The second-order valence-electron chi connectivity index (χ2n) is 8.75. The Hall–Kier alpha value is -3.36. The zero-order chi connectivity index (χ0) is 26.8. The summed E-state index contributed by atoms with van der Waals surface area (Å²) in [6.45, 7) is 7.27. The Morgan fingerprint density at radius 2 is 1.78 bits per heavy atom. The van der Waals surface area contributed by atoms with Gasteiger partial charge in [0.15, 0.2) is 0 Å². The van der Waals surface area contributed by atoms with Crippen molar-refractivity contribution in [2.45, 2.75) is 40.3 Å². The van der Waals surface area contributed by atoms with Gasteiger partial charge in [-0.25, -0.2) is 9.18 Å². The number of aryl methyl sites for hydroxylation is 2. The van der Waals surface area contributed by atoms with E-state index in [1.807, 2.05) is 39.0 Å². The number of hydrogen-bond donors (Lipinski definition) is 1. The van der Waals surface area contributed by atoms with Crippen molar-refractivity contribution < 1.29 is 23.1 Å². The summed E-state index contributed by atoms with van der Waals surface area (Å²) in [6.07, 6.45) is 0.568. The molecule has 3 amide bonds. The number of halogens is 2. The standard InChI is InChI=1S/C28H33ClFN3O4/c1-4-36-15-5-14-32(28(35)31-24-12-6-20(2)26(29)16-24)19-27(34)33(18-25-13-7-21(3)37-25)17-22-8-10-23(30)11-9-22/h6-13,16H,4-5,14-15,17-19H2,1-3H3,(H,31,35). The van der Waals surface area contributed by atoms with Gasteiger partial charge in [0.05, 0.1) is 6.54 Å². The van der Waals surface area contributed by atoms with Crippen LogP contribution in [0.5, 0.6) is 0 Å². The van der Waals surface area contributed by atoms with E-state index < -0.39 is 6.03 Å². The molecule has 0 fully saturated rings. The van der Waals surface area contributed by atoms with Crippen molar-refractivity contribution in [3.63, 3.8) is 0 Å². The number of urea groups is 1. The normalized spacial score (nSPS) is 10.8. The summed E-state index contributed by atoms with van der Waals surface area (Å²) in [6, 6.07) is 14.5. The van der Waals surface area contributed by atoms with E-state index >= 15 is 0 Å². The third-order valence-corrected chi connectivity index (χ3v) is 6.15. The van der Waals surface area contributed by atoms with Crippen molar-refractivity contribution in [3.8, 4) is 0 Å². The molecule has 0 saturated heterocycles. The minimum absolute atomic E-state index is 0.154. The third-order valence-electron chi connectivity index (χ3n) is 5.74. The zero-order valence-corrected chi connectivity index (χ0v) is 22.2. The van der Waals surface area contributed by atoms with E-state index in [1.165, 1.54) is 17.0 Å². The summed E-state index contributed by atoms with van der Waals surface area (Å²) in [5.41, 5.74) is 2.20. The first-order chi connectivity index (χ1) is 17.7. The predicted molar refractivity (Wildman–Crippen MR) is 142 cm³/mol. The van der Waals surface area contributed by atoms with Gasteiger partial charge >= 0.3 is 6.03 Å². The fraction of sp³-hybridized carbons (Fsp3) is 0.357. The first-order valence-corrected chi connectivity index (χ1v) is 12.6. The number of hydrogen-bond acceptors (Lipinski definition) is 4. The highest BCUT2D eigenvalue weighted by Gasteiger charge is 2.23. The number of rotatable bonds is 12. The van der Waals surface area contributed by atoms with Gasteiger partial charge in [-0.3, -0.25) is 4.79 Å². The summed E-state index contributed by atoms with van der Waals surface area (Å²) >= 11 is 6.21. The Morgan fingerprint density at radius 3 is 2.43 bits per heavy atom. The van der Waals surface area contributed by atoms with Gasteiger partial charge in [0.25, 0.3) is 0 Å². The third kappa shape index (κ3) is 8.91. The fourth-order valence-electron chi connectivity index (χ4n) is 3.69. The van der Waals surface area contributed by atoms with Gasteiger partial charge in [-0.05, 0) is 74.7 Å². The topological polar surface area (TPSA) is 75.0 Å². The molecule has 0 unspecified atom stereocenters. The Kier molecular flexibility index (Phi) is 10.5. The lowest BCUT2D eigenvalue weighted by atomic mass is 10.2.